The van der Waals surface area contributed by atoms with E-state index in [-0.39, 0.29) is 18.3 Å². The summed E-state index contributed by atoms with van der Waals surface area (Å²) in [5.41, 5.74) is 3.64. The van der Waals surface area contributed by atoms with Gasteiger partial charge in [-0.1, -0.05) is 49.4 Å². The number of anilines is 1. The number of rotatable bonds is 8. The number of halogens is 1. The number of likely N-dealkylation sites (N-methyl/N-ethyl adjacent to an activating group) is 1. The van der Waals surface area contributed by atoms with Gasteiger partial charge in [-0.25, -0.2) is 4.98 Å². The Morgan fingerprint density at radius 3 is 2.37 bits per heavy atom. The molecule has 0 aliphatic rings. The van der Waals surface area contributed by atoms with E-state index in [2.05, 4.69) is 25.7 Å². The van der Waals surface area contributed by atoms with Crippen molar-refractivity contribution >= 4 is 45.0 Å². The number of benzene rings is 2. The molecule has 0 spiro atoms. The van der Waals surface area contributed by atoms with Crippen LogP contribution in [0.2, 0.25) is 0 Å². The van der Waals surface area contributed by atoms with E-state index in [4.69, 9.17) is 9.72 Å². The first-order valence-corrected chi connectivity index (χ1v) is 10.9. The van der Waals surface area contributed by atoms with Gasteiger partial charge in [0.1, 0.15) is 11.3 Å². The van der Waals surface area contributed by atoms with E-state index in [0.717, 1.165) is 52.3 Å². The van der Waals surface area contributed by atoms with Gasteiger partial charge in [-0.2, -0.15) is 0 Å². The number of methoxy groups -OCH3 is 1. The Balaban J connectivity index is 0.00000320. The molecule has 1 heterocycles. The fourth-order valence-electron chi connectivity index (χ4n) is 3.40. The number of thiazole rings is 1. The first kappa shape index (κ1) is 24.1. The van der Waals surface area contributed by atoms with Crippen molar-refractivity contribution in [1.29, 1.82) is 0 Å². The molecule has 7 heteroatoms. The average Bonchev–Trinajstić information content (AvgIpc) is 3.17. The molecule has 30 heavy (non-hydrogen) atoms. The second-order valence-corrected chi connectivity index (χ2v) is 8.04. The van der Waals surface area contributed by atoms with Gasteiger partial charge < -0.3 is 9.64 Å². The Labute approximate surface area is 189 Å². The van der Waals surface area contributed by atoms with Crippen LogP contribution in [-0.4, -0.2) is 49.1 Å². The minimum absolute atomic E-state index is 0. The third kappa shape index (κ3) is 4.94. The molecule has 0 saturated heterocycles. The predicted molar refractivity (Wildman–Crippen MR) is 129 cm³/mol. The van der Waals surface area contributed by atoms with Crippen molar-refractivity contribution in [3.8, 4) is 5.75 Å². The molecule has 0 radical (unpaired) electrons. The molecular weight excluding hydrogens is 418 g/mol. The van der Waals surface area contributed by atoms with Crippen LogP contribution in [0.1, 0.15) is 35.3 Å². The summed E-state index contributed by atoms with van der Waals surface area (Å²) in [6, 6.07) is 11.7. The lowest BCUT2D eigenvalue weighted by atomic mass is 10.1. The standard InChI is InChI=1S/C23H29N3O2S.ClH/c1-6-25(7-2)14-15-26(22(27)18-11-9-8-10-16(18)3)23-24-20-19(28-5)13-12-17(4)21(20)29-23;/h8-13H,6-7,14-15H2,1-5H3;1H. The van der Waals surface area contributed by atoms with Crippen LogP contribution < -0.4 is 9.64 Å². The van der Waals surface area contributed by atoms with E-state index in [1.807, 2.05) is 48.2 Å². The van der Waals surface area contributed by atoms with Crippen LogP contribution in [0.5, 0.6) is 5.75 Å². The van der Waals surface area contributed by atoms with Crippen molar-refractivity contribution in [3.05, 3.63) is 53.1 Å². The van der Waals surface area contributed by atoms with Crippen LogP contribution in [0.25, 0.3) is 10.2 Å². The topological polar surface area (TPSA) is 45.7 Å². The zero-order valence-electron chi connectivity index (χ0n) is 18.3. The SMILES string of the molecule is CCN(CC)CCN(C(=O)c1ccccc1C)c1nc2c(OC)ccc(C)c2s1.Cl. The zero-order chi connectivity index (χ0) is 21.0. The molecule has 1 aromatic heterocycles. The molecule has 1 amide bonds. The summed E-state index contributed by atoms with van der Waals surface area (Å²) in [6.45, 7) is 11.6. The Bertz CT molecular complexity index is 1000. The van der Waals surface area contributed by atoms with Crippen LogP contribution in [0.15, 0.2) is 36.4 Å². The number of carbonyl (C=O) groups is 1. The third-order valence-electron chi connectivity index (χ3n) is 5.30. The molecule has 5 nitrogen and oxygen atoms in total. The molecule has 0 aliphatic carbocycles. The molecule has 0 aliphatic heterocycles. The van der Waals surface area contributed by atoms with Crippen molar-refractivity contribution in [2.75, 3.05) is 38.2 Å². The number of aromatic nitrogens is 1. The maximum Gasteiger partial charge on any atom is 0.260 e. The molecule has 0 N–H and O–H groups in total. The second-order valence-electron chi connectivity index (χ2n) is 7.06. The smallest absolute Gasteiger partial charge is 0.260 e. The fourth-order valence-corrected chi connectivity index (χ4v) is 4.48. The van der Waals surface area contributed by atoms with Crippen LogP contribution in [0.4, 0.5) is 5.13 Å². The summed E-state index contributed by atoms with van der Waals surface area (Å²) in [6.07, 6.45) is 0. The number of amides is 1. The van der Waals surface area contributed by atoms with Crippen LogP contribution in [0, 0.1) is 13.8 Å². The largest absolute Gasteiger partial charge is 0.494 e. The number of nitrogens with zero attached hydrogens (tertiary/aromatic N) is 3. The maximum atomic E-state index is 13.5. The van der Waals surface area contributed by atoms with Gasteiger partial charge in [0.2, 0.25) is 0 Å². The summed E-state index contributed by atoms with van der Waals surface area (Å²) >= 11 is 1.55. The molecule has 0 unspecified atom stereocenters. The van der Waals surface area contributed by atoms with E-state index in [1.54, 1.807) is 18.4 Å². The summed E-state index contributed by atoms with van der Waals surface area (Å²) in [7, 11) is 1.65. The molecule has 0 saturated carbocycles. The quantitative estimate of drug-likeness (QED) is 0.468. The maximum absolute atomic E-state index is 13.5. The van der Waals surface area contributed by atoms with Crippen LogP contribution in [0.3, 0.4) is 0 Å². The molecule has 0 bridgehead atoms. The van der Waals surface area contributed by atoms with Crippen molar-refractivity contribution in [2.24, 2.45) is 0 Å². The van der Waals surface area contributed by atoms with Gasteiger partial charge in [0.15, 0.2) is 5.13 Å². The Morgan fingerprint density at radius 2 is 1.73 bits per heavy atom. The molecule has 2 aromatic carbocycles. The third-order valence-corrected chi connectivity index (χ3v) is 6.51. The number of ether oxygens (including phenoxy) is 1. The van der Waals surface area contributed by atoms with Gasteiger partial charge in [0.05, 0.1) is 11.8 Å². The van der Waals surface area contributed by atoms with Gasteiger partial charge in [-0.05, 0) is 50.2 Å². The lowest BCUT2D eigenvalue weighted by Gasteiger charge is -2.25. The normalized spacial score (nSPS) is 10.9. The number of hydrogen-bond donors (Lipinski definition) is 0. The average molecular weight is 448 g/mol. The summed E-state index contributed by atoms with van der Waals surface area (Å²) in [5, 5.41) is 0.716. The summed E-state index contributed by atoms with van der Waals surface area (Å²) in [5.74, 6) is 0.728. The van der Waals surface area contributed by atoms with Gasteiger partial charge in [-0.15, -0.1) is 12.4 Å². The van der Waals surface area contributed by atoms with Crippen molar-refractivity contribution < 1.29 is 9.53 Å². The molecule has 0 atom stereocenters. The van der Waals surface area contributed by atoms with Gasteiger partial charge in [0, 0.05) is 18.7 Å². The molecule has 3 rings (SSSR count). The minimum atomic E-state index is -0.00840. The van der Waals surface area contributed by atoms with E-state index >= 15 is 0 Å². The first-order chi connectivity index (χ1) is 14.0. The number of aryl methyl sites for hydroxylation is 2. The van der Waals surface area contributed by atoms with E-state index in [9.17, 15) is 4.79 Å². The Hall–Kier alpha value is -2.15. The van der Waals surface area contributed by atoms with Crippen molar-refractivity contribution in [2.45, 2.75) is 27.7 Å². The van der Waals surface area contributed by atoms with Gasteiger partial charge in [0.25, 0.3) is 5.91 Å². The van der Waals surface area contributed by atoms with Crippen LogP contribution >= 0.6 is 23.7 Å². The molecule has 3 aromatic rings. The predicted octanol–water partition coefficient (Wildman–Crippen LogP) is 5.33. The fraction of sp³-hybridized carbons (Fsp3) is 0.391. The van der Waals surface area contributed by atoms with E-state index in [1.165, 1.54) is 0 Å². The van der Waals surface area contributed by atoms with E-state index < -0.39 is 0 Å². The summed E-state index contributed by atoms with van der Waals surface area (Å²) in [4.78, 5) is 22.5. The highest BCUT2D eigenvalue weighted by atomic mass is 35.5. The highest BCUT2D eigenvalue weighted by molar-refractivity contribution is 7.22. The number of carbonyl (C=O) groups excluding carboxylic acids is 1. The Kier molecular flexibility index (Phi) is 8.65. The van der Waals surface area contributed by atoms with Gasteiger partial charge >= 0.3 is 0 Å². The monoisotopic (exact) mass is 447 g/mol. The van der Waals surface area contributed by atoms with Gasteiger partial charge in [-0.3, -0.25) is 9.69 Å². The van der Waals surface area contributed by atoms with Crippen molar-refractivity contribution in [1.82, 2.24) is 9.88 Å². The van der Waals surface area contributed by atoms with Crippen molar-refractivity contribution in [3.63, 3.8) is 0 Å². The molecule has 162 valence electrons. The zero-order valence-corrected chi connectivity index (χ0v) is 19.9. The Morgan fingerprint density at radius 1 is 1.03 bits per heavy atom. The second kappa shape index (κ2) is 10.8. The number of fused-ring (bicyclic) bond motifs is 1. The number of hydrogen-bond acceptors (Lipinski definition) is 5. The lowest BCUT2D eigenvalue weighted by Crippen LogP contribution is -2.39. The lowest BCUT2D eigenvalue weighted by molar-refractivity contribution is 0.0983. The van der Waals surface area contributed by atoms with E-state index in [0.29, 0.717) is 11.7 Å². The van der Waals surface area contributed by atoms with Crippen LogP contribution in [-0.2, 0) is 0 Å². The highest BCUT2D eigenvalue weighted by Crippen LogP contribution is 2.36. The first-order valence-electron chi connectivity index (χ1n) is 10.0. The summed E-state index contributed by atoms with van der Waals surface area (Å²) < 4.78 is 6.57. The molecular formula is C23H30ClN3O2S. The molecule has 0 fully saturated rings. The highest BCUT2D eigenvalue weighted by Gasteiger charge is 2.24. The minimum Gasteiger partial charge on any atom is -0.494 e.